The molecule has 2 saturated carbocycles. The maximum absolute atomic E-state index is 12.0. The molecule has 3 nitrogen and oxygen atoms in total. The zero-order valence-electron chi connectivity index (χ0n) is 9.09. The second-order valence-electron chi connectivity index (χ2n) is 5.19. The van der Waals surface area contributed by atoms with E-state index in [-0.39, 0.29) is 5.41 Å². The Bertz CT molecular complexity index is 273. The number of carbonyl (C=O) groups excluding carboxylic acids is 1. The van der Waals surface area contributed by atoms with Gasteiger partial charge in [-0.1, -0.05) is 12.8 Å². The monoisotopic (exact) mass is 210 g/mol. The normalized spacial score (nSPS) is 32.9. The highest BCUT2D eigenvalue weighted by atomic mass is 16.7. The van der Waals surface area contributed by atoms with Crippen LogP contribution in [0, 0.1) is 5.41 Å². The van der Waals surface area contributed by atoms with Gasteiger partial charge in [0.2, 0.25) is 0 Å². The first-order chi connectivity index (χ1) is 7.25. The molecule has 0 atom stereocenters. The van der Waals surface area contributed by atoms with E-state index >= 15 is 0 Å². The summed E-state index contributed by atoms with van der Waals surface area (Å²) in [6.45, 7) is 1.40. The zero-order chi connectivity index (χ0) is 10.4. The average molecular weight is 210 g/mol. The highest BCUT2D eigenvalue weighted by Crippen LogP contribution is 2.52. The minimum Gasteiger partial charge on any atom is -0.347 e. The SMILES string of the molecule is O=C1CCC2(CC13CCCC3)OCCO2. The van der Waals surface area contributed by atoms with Crippen molar-refractivity contribution in [1.82, 2.24) is 0 Å². The Morgan fingerprint density at radius 2 is 1.67 bits per heavy atom. The van der Waals surface area contributed by atoms with Gasteiger partial charge in [0.25, 0.3) is 0 Å². The van der Waals surface area contributed by atoms with Crippen molar-refractivity contribution in [3.05, 3.63) is 0 Å². The van der Waals surface area contributed by atoms with Crippen LogP contribution < -0.4 is 0 Å². The molecule has 0 unspecified atom stereocenters. The molecule has 0 aromatic rings. The standard InChI is InChI=1S/C12H18O3/c13-10-3-6-12(14-7-8-15-12)9-11(10)4-1-2-5-11/h1-9H2. The summed E-state index contributed by atoms with van der Waals surface area (Å²) in [7, 11) is 0. The van der Waals surface area contributed by atoms with Crippen molar-refractivity contribution in [1.29, 1.82) is 0 Å². The van der Waals surface area contributed by atoms with E-state index in [0.29, 0.717) is 25.4 Å². The molecule has 84 valence electrons. The third-order valence-electron chi connectivity index (χ3n) is 4.31. The maximum atomic E-state index is 12.0. The van der Waals surface area contributed by atoms with Crippen LogP contribution in [0.1, 0.15) is 44.9 Å². The summed E-state index contributed by atoms with van der Waals surface area (Å²) in [6.07, 6.45) is 6.75. The van der Waals surface area contributed by atoms with Gasteiger partial charge in [0, 0.05) is 24.7 Å². The number of carbonyl (C=O) groups is 1. The molecule has 15 heavy (non-hydrogen) atoms. The van der Waals surface area contributed by atoms with Gasteiger partial charge in [0.05, 0.1) is 13.2 Å². The topological polar surface area (TPSA) is 35.5 Å². The number of rotatable bonds is 0. The molecule has 3 rings (SSSR count). The number of hydrogen-bond acceptors (Lipinski definition) is 3. The number of hydrogen-bond donors (Lipinski definition) is 0. The lowest BCUT2D eigenvalue weighted by Crippen LogP contribution is -2.46. The Kier molecular flexibility index (Phi) is 2.15. The van der Waals surface area contributed by atoms with Crippen molar-refractivity contribution in [2.24, 2.45) is 5.41 Å². The van der Waals surface area contributed by atoms with Gasteiger partial charge in [-0.3, -0.25) is 4.79 Å². The lowest BCUT2D eigenvalue weighted by molar-refractivity contribution is -0.201. The molecule has 3 heteroatoms. The van der Waals surface area contributed by atoms with E-state index in [4.69, 9.17) is 9.47 Å². The third kappa shape index (κ3) is 1.44. The number of ether oxygens (including phenoxy) is 2. The van der Waals surface area contributed by atoms with E-state index in [1.54, 1.807) is 0 Å². The average Bonchev–Trinajstić information content (AvgIpc) is 2.85. The van der Waals surface area contributed by atoms with Crippen LogP contribution in [0.4, 0.5) is 0 Å². The molecule has 0 aromatic carbocycles. The summed E-state index contributed by atoms with van der Waals surface area (Å²) in [5, 5.41) is 0. The predicted octanol–water partition coefficient (Wildman–Crippen LogP) is 2.04. The van der Waals surface area contributed by atoms with Gasteiger partial charge < -0.3 is 9.47 Å². The minimum absolute atomic E-state index is 0.0808. The first kappa shape index (κ1) is 9.79. The molecule has 0 radical (unpaired) electrons. The van der Waals surface area contributed by atoms with Gasteiger partial charge in [0.1, 0.15) is 5.78 Å². The second-order valence-corrected chi connectivity index (χ2v) is 5.19. The van der Waals surface area contributed by atoms with E-state index in [9.17, 15) is 4.79 Å². The third-order valence-corrected chi connectivity index (χ3v) is 4.31. The fourth-order valence-electron chi connectivity index (χ4n) is 3.52. The molecule has 0 aromatic heterocycles. The van der Waals surface area contributed by atoms with Gasteiger partial charge in [-0.2, -0.15) is 0 Å². The fraction of sp³-hybridized carbons (Fsp3) is 0.917. The van der Waals surface area contributed by atoms with Crippen LogP contribution in [0.3, 0.4) is 0 Å². The van der Waals surface area contributed by atoms with Crippen LogP contribution in [0.15, 0.2) is 0 Å². The second kappa shape index (κ2) is 3.29. The highest BCUT2D eigenvalue weighted by Gasteiger charge is 2.53. The van der Waals surface area contributed by atoms with E-state index in [1.165, 1.54) is 12.8 Å². The fourth-order valence-corrected chi connectivity index (χ4v) is 3.52. The molecule has 1 aliphatic heterocycles. The van der Waals surface area contributed by atoms with Crippen LogP contribution >= 0.6 is 0 Å². The van der Waals surface area contributed by atoms with Crippen LogP contribution in [0.5, 0.6) is 0 Å². The van der Waals surface area contributed by atoms with Crippen molar-refractivity contribution in [2.75, 3.05) is 13.2 Å². The van der Waals surface area contributed by atoms with Gasteiger partial charge >= 0.3 is 0 Å². The van der Waals surface area contributed by atoms with Crippen LogP contribution in [-0.4, -0.2) is 24.8 Å². The lowest BCUT2D eigenvalue weighted by Gasteiger charge is -2.41. The molecule has 2 spiro atoms. The largest absolute Gasteiger partial charge is 0.347 e. The number of Topliss-reactive ketones (excluding diaryl/α,β-unsaturated/α-hetero) is 1. The lowest BCUT2D eigenvalue weighted by atomic mass is 9.69. The van der Waals surface area contributed by atoms with Crippen molar-refractivity contribution >= 4 is 5.78 Å². The highest BCUT2D eigenvalue weighted by molar-refractivity contribution is 5.86. The summed E-state index contributed by atoms with van der Waals surface area (Å²) >= 11 is 0. The molecule has 0 amide bonds. The predicted molar refractivity (Wildman–Crippen MR) is 54.4 cm³/mol. The molecule has 1 saturated heterocycles. The summed E-state index contributed by atoms with van der Waals surface area (Å²) in [5.41, 5.74) is -0.0808. The van der Waals surface area contributed by atoms with Crippen LogP contribution in [0.25, 0.3) is 0 Å². The minimum atomic E-state index is -0.391. The molecule has 3 fully saturated rings. The first-order valence-electron chi connectivity index (χ1n) is 6.06. The smallest absolute Gasteiger partial charge is 0.169 e. The van der Waals surface area contributed by atoms with Gasteiger partial charge in [-0.25, -0.2) is 0 Å². The molecular weight excluding hydrogens is 192 g/mol. The first-order valence-corrected chi connectivity index (χ1v) is 6.06. The Balaban J connectivity index is 1.84. The van der Waals surface area contributed by atoms with Crippen molar-refractivity contribution in [3.63, 3.8) is 0 Å². The molecule has 2 aliphatic carbocycles. The number of ketones is 1. The van der Waals surface area contributed by atoms with E-state index < -0.39 is 5.79 Å². The van der Waals surface area contributed by atoms with E-state index in [2.05, 4.69) is 0 Å². The molecule has 0 bridgehead atoms. The van der Waals surface area contributed by atoms with Crippen LogP contribution in [0.2, 0.25) is 0 Å². The molecular formula is C12H18O3. The van der Waals surface area contributed by atoms with E-state index in [0.717, 1.165) is 25.7 Å². The van der Waals surface area contributed by atoms with Gasteiger partial charge in [0.15, 0.2) is 5.79 Å². The maximum Gasteiger partial charge on any atom is 0.169 e. The van der Waals surface area contributed by atoms with Crippen LogP contribution in [-0.2, 0) is 14.3 Å². The van der Waals surface area contributed by atoms with Gasteiger partial charge in [-0.15, -0.1) is 0 Å². The summed E-state index contributed by atoms with van der Waals surface area (Å²) in [4.78, 5) is 12.0. The summed E-state index contributed by atoms with van der Waals surface area (Å²) < 4.78 is 11.5. The summed E-state index contributed by atoms with van der Waals surface area (Å²) in [5.74, 6) is 0.0721. The van der Waals surface area contributed by atoms with Crippen molar-refractivity contribution < 1.29 is 14.3 Å². The molecule has 3 aliphatic rings. The quantitative estimate of drug-likeness (QED) is 0.613. The van der Waals surface area contributed by atoms with Crippen molar-refractivity contribution in [2.45, 2.75) is 50.7 Å². The molecule has 1 heterocycles. The van der Waals surface area contributed by atoms with Gasteiger partial charge in [-0.05, 0) is 12.8 Å². The Morgan fingerprint density at radius 3 is 2.33 bits per heavy atom. The van der Waals surface area contributed by atoms with E-state index in [1.807, 2.05) is 0 Å². The molecule has 0 N–H and O–H groups in total. The zero-order valence-corrected chi connectivity index (χ0v) is 9.09. The Hall–Kier alpha value is -0.410. The van der Waals surface area contributed by atoms with Crippen molar-refractivity contribution in [3.8, 4) is 0 Å². The summed E-state index contributed by atoms with van der Waals surface area (Å²) in [6, 6.07) is 0. The Labute approximate surface area is 90.1 Å². The Morgan fingerprint density at radius 1 is 1.00 bits per heavy atom.